The maximum absolute atomic E-state index is 12.0. The number of aromatic amines is 1. The third kappa shape index (κ3) is 2.15. The Balaban J connectivity index is 2.18. The van der Waals surface area contributed by atoms with Gasteiger partial charge in [-0.25, -0.2) is 4.79 Å². The normalized spacial score (nSPS) is 15.3. The van der Waals surface area contributed by atoms with Crippen molar-refractivity contribution < 1.29 is 9.53 Å². The molecule has 0 fully saturated rings. The Labute approximate surface area is 111 Å². The Morgan fingerprint density at radius 1 is 1.37 bits per heavy atom. The Morgan fingerprint density at radius 2 is 2.26 bits per heavy atom. The lowest BCUT2D eigenvalue weighted by Crippen LogP contribution is -2.22. The molecule has 2 aromatic rings. The first-order chi connectivity index (χ1) is 9.29. The molecule has 1 aliphatic rings. The summed E-state index contributed by atoms with van der Waals surface area (Å²) in [6.45, 7) is 1.78. The summed E-state index contributed by atoms with van der Waals surface area (Å²) in [5, 5.41) is 4.44. The van der Waals surface area contributed by atoms with Crippen molar-refractivity contribution in [3.8, 4) is 0 Å². The van der Waals surface area contributed by atoms with E-state index >= 15 is 0 Å². The molecule has 1 aromatic heterocycles. The number of aromatic nitrogens is 1. The number of H-pyrrole nitrogens is 1. The molecule has 0 atom stereocenters. The fourth-order valence-corrected chi connectivity index (χ4v) is 2.49. The highest BCUT2D eigenvalue weighted by atomic mass is 16.5. The highest BCUT2D eigenvalue weighted by Crippen LogP contribution is 2.26. The molecule has 2 N–H and O–H groups in total. The second-order valence-electron chi connectivity index (χ2n) is 4.65. The molecular weight excluding hydrogens is 240 g/mol. The predicted molar refractivity (Wildman–Crippen MR) is 75.1 cm³/mol. The zero-order valence-corrected chi connectivity index (χ0v) is 10.8. The summed E-state index contributed by atoms with van der Waals surface area (Å²) in [6, 6.07) is 5.93. The van der Waals surface area contributed by atoms with Crippen LogP contribution in [-0.4, -0.2) is 31.2 Å². The number of benzene rings is 1. The van der Waals surface area contributed by atoms with E-state index in [-0.39, 0.29) is 5.97 Å². The molecule has 0 radical (unpaired) electrons. The molecule has 0 saturated carbocycles. The summed E-state index contributed by atoms with van der Waals surface area (Å²) in [5.74, 6) is -0.294. The standard InChI is InChI=1S/C15H16N2O2/c1-19-15(18)13-8-14-10(4-6-17-14)7-12(13)11-3-2-5-16-9-11/h3-4,6-8,16-17H,2,5,9H2,1H3. The predicted octanol–water partition coefficient (Wildman–Crippen LogP) is 2.33. The minimum atomic E-state index is -0.294. The largest absolute Gasteiger partial charge is 0.465 e. The fraction of sp³-hybridized carbons (Fsp3) is 0.267. The molecule has 0 saturated heterocycles. The maximum Gasteiger partial charge on any atom is 0.338 e. The summed E-state index contributed by atoms with van der Waals surface area (Å²) in [5.41, 5.74) is 3.70. The molecule has 0 spiro atoms. The lowest BCUT2D eigenvalue weighted by Gasteiger charge is -2.17. The topological polar surface area (TPSA) is 54.1 Å². The average Bonchev–Trinajstić information content (AvgIpc) is 2.93. The number of hydrogen-bond donors (Lipinski definition) is 2. The van der Waals surface area contributed by atoms with Crippen molar-refractivity contribution in [2.45, 2.75) is 6.42 Å². The summed E-state index contributed by atoms with van der Waals surface area (Å²) >= 11 is 0. The summed E-state index contributed by atoms with van der Waals surface area (Å²) in [4.78, 5) is 15.1. The number of methoxy groups -OCH3 is 1. The molecule has 3 rings (SSSR count). The van der Waals surface area contributed by atoms with Gasteiger partial charge in [-0.2, -0.15) is 0 Å². The number of nitrogens with one attached hydrogen (secondary N) is 2. The number of hydrogen-bond acceptors (Lipinski definition) is 3. The van der Waals surface area contributed by atoms with Crippen LogP contribution in [0.5, 0.6) is 0 Å². The molecule has 4 nitrogen and oxygen atoms in total. The molecule has 2 heterocycles. The number of carbonyl (C=O) groups excluding carboxylic acids is 1. The molecule has 0 aliphatic carbocycles. The highest BCUT2D eigenvalue weighted by Gasteiger charge is 2.17. The van der Waals surface area contributed by atoms with Gasteiger partial charge in [0.2, 0.25) is 0 Å². The molecule has 98 valence electrons. The van der Waals surface area contributed by atoms with Crippen LogP contribution in [0.2, 0.25) is 0 Å². The van der Waals surface area contributed by atoms with Gasteiger partial charge in [0.25, 0.3) is 0 Å². The lowest BCUT2D eigenvalue weighted by molar-refractivity contribution is 0.0600. The molecule has 1 aliphatic heterocycles. The maximum atomic E-state index is 12.0. The van der Waals surface area contributed by atoms with Gasteiger partial charge < -0.3 is 15.0 Å². The summed E-state index contributed by atoms with van der Waals surface area (Å²) in [7, 11) is 1.42. The first-order valence-electron chi connectivity index (χ1n) is 6.39. The van der Waals surface area contributed by atoms with E-state index in [1.165, 1.54) is 7.11 Å². The zero-order valence-electron chi connectivity index (χ0n) is 10.8. The van der Waals surface area contributed by atoms with Crippen LogP contribution in [0.1, 0.15) is 22.3 Å². The van der Waals surface area contributed by atoms with Crippen molar-refractivity contribution >= 4 is 22.4 Å². The summed E-state index contributed by atoms with van der Waals surface area (Å²) in [6.07, 6.45) is 5.06. The monoisotopic (exact) mass is 256 g/mol. The Kier molecular flexibility index (Phi) is 3.09. The average molecular weight is 256 g/mol. The smallest absolute Gasteiger partial charge is 0.338 e. The van der Waals surface area contributed by atoms with Gasteiger partial charge in [-0.15, -0.1) is 0 Å². The molecule has 4 heteroatoms. The van der Waals surface area contributed by atoms with Gasteiger partial charge in [-0.05, 0) is 42.3 Å². The van der Waals surface area contributed by atoms with E-state index in [1.807, 2.05) is 18.3 Å². The van der Waals surface area contributed by atoms with Crippen LogP contribution < -0.4 is 5.32 Å². The van der Waals surface area contributed by atoms with Gasteiger partial charge in [0, 0.05) is 23.6 Å². The Hall–Kier alpha value is -2.07. The molecule has 0 amide bonds. The van der Waals surface area contributed by atoms with Gasteiger partial charge >= 0.3 is 5.97 Å². The second kappa shape index (κ2) is 4.90. The minimum absolute atomic E-state index is 0.294. The van der Waals surface area contributed by atoms with E-state index in [0.717, 1.165) is 41.5 Å². The molecule has 19 heavy (non-hydrogen) atoms. The van der Waals surface area contributed by atoms with Crippen LogP contribution in [0.15, 0.2) is 30.5 Å². The Bertz CT molecular complexity index is 655. The van der Waals surface area contributed by atoms with Crippen LogP contribution in [0.4, 0.5) is 0 Å². The highest BCUT2D eigenvalue weighted by molar-refractivity contribution is 6.00. The number of esters is 1. The van der Waals surface area contributed by atoms with E-state index in [1.54, 1.807) is 0 Å². The first kappa shape index (κ1) is 12.0. The summed E-state index contributed by atoms with van der Waals surface area (Å²) < 4.78 is 4.89. The SMILES string of the molecule is COC(=O)c1cc2[nH]ccc2cc1C1=CCCNC1. The molecule has 1 aromatic carbocycles. The number of rotatable bonds is 2. The number of ether oxygens (including phenoxy) is 1. The Morgan fingerprint density at radius 3 is 3.00 bits per heavy atom. The van der Waals surface area contributed by atoms with Crippen LogP contribution in [-0.2, 0) is 4.74 Å². The van der Waals surface area contributed by atoms with Crippen LogP contribution in [0.25, 0.3) is 16.5 Å². The quantitative estimate of drug-likeness (QED) is 0.811. The third-order valence-corrected chi connectivity index (χ3v) is 3.47. The fourth-order valence-electron chi connectivity index (χ4n) is 2.49. The van der Waals surface area contributed by atoms with Crippen molar-refractivity contribution in [2.24, 2.45) is 0 Å². The van der Waals surface area contributed by atoms with Gasteiger partial charge in [0.05, 0.1) is 12.7 Å². The van der Waals surface area contributed by atoms with Crippen molar-refractivity contribution in [1.29, 1.82) is 0 Å². The van der Waals surface area contributed by atoms with E-state index in [9.17, 15) is 4.79 Å². The van der Waals surface area contributed by atoms with E-state index < -0.39 is 0 Å². The van der Waals surface area contributed by atoms with Crippen LogP contribution in [0.3, 0.4) is 0 Å². The second-order valence-corrected chi connectivity index (χ2v) is 4.65. The zero-order chi connectivity index (χ0) is 13.2. The van der Waals surface area contributed by atoms with Gasteiger partial charge in [0.15, 0.2) is 0 Å². The lowest BCUT2D eigenvalue weighted by atomic mass is 9.95. The molecule has 0 unspecified atom stereocenters. The molecule has 0 bridgehead atoms. The van der Waals surface area contributed by atoms with Gasteiger partial charge in [0.1, 0.15) is 0 Å². The third-order valence-electron chi connectivity index (χ3n) is 3.47. The van der Waals surface area contributed by atoms with Gasteiger partial charge in [-0.3, -0.25) is 0 Å². The number of carbonyl (C=O) groups is 1. The first-order valence-corrected chi connectivity index (χ1v) is 6.39. The van der Waals surface area contributed by atoms with E-state index in [0.29, 0.717) is 5.56 Å². The van der Waals surface area contributed by atoms with E-state index in [4.69, 9.17) is 4.74 Å². The van der Waals surface area contributed by atoms with Crippen molar-refractivity contribution in [2.75, 3.05) is 20.2 Å². The number of fused-ring (bicyclic) bond motifs is 1. The van der Waals surface area contributed by atoms with Crippen molar-refractivity contribution in [1.82, 2.24) is 10.3 Å². The van der Waals surface area contributed by atoms with Crippen molar-refractivity contribution in [3.05, 3.63) is 41.6 Å². The van der Waals surface area contributed by atoms with Crippen LogP contribution >= 0.6 is 0 Å². The van der Waals surface area contributed by atoms with Crippen LogP contribution in [0, 0.1) is 0 Å². The van der Waals surface area contributed by atoms with Crippen molar-refractivity contribution in [3.63, 3.8) is 0 Å². The van der Waals surface area contributed by atoms with Gasteiger partial charge in [-0.1, -0.05) is 6.08 Å². The van der Waals surface area contributed by atoms with E-state index in [2.05, 4.69) is 22.4 Å². The minimum Gasteiger partial charge on any atom is -0.465 e. The molecular formula is C15H16N2O2.